The fourth-order valence-electron chi connectivity index (χ4n) is 3.02. The maximum absolute atomic E-state index is 12.6. The number of nitrogens with zero attached hydrogens (tertiary/aromatic N) is 4. The number of rotatable bonds is 4. The van der Waals surface area contributed by atoms with Crippen LogP contribution in [0.15, 0.2) is 29.3 Å². The number of hydrogen-bond acceptors (Lipinski definition) is 5. The summed E-state index contributed by atoms with van der Waals surface area (Å²) in [6.45, 7) is 3.83. The topological polar surface area (TPSA) is 60.2 Å². The van der Waals surface area contributed by atoms with Gasteiger partial charge in [0.2, 0.25) is 0 Å². The third-order valence-corrected chi connectivity index (χ3v) is 4.67. The first kappa shape index (κ1) is 19.6. The van der Waals surface area contributed by atoms with Crippen LogP contribution >= 0.6 is 11.6 Å². The van der Waals surface area contributed by atoms with E-state index in [0.717, 1.165) is 29.7 Å². The molecule has 1 atom stereocenters. The molecule has 10 heteroatoms. The fourth-order valence-corrected chi connectivity index (χ4v) is 3.26. The summed E-state index contributed by atoms with van der Waals surface area (Å²) >= 11 is 6.25. The van der Waals surface area contributed by atoms with Crippen LogP contribution in [0.25, 0.3) is 5.82 Å². The highest BCUT2D eigenvalue weighted by molar-refractivity contribution is 6.33. The van der Waals surface area contributed by atoms with Crippen molar-refractivity contribution in [2.75, 3.05) is 24.6 Å². The van der Waals surface area contributed by atoms with Gasteiger partial charge in [-0.25, -0.2) is 4.98 Å². The number of alkyl halides is 3. The van der Waals surface area contributed by atoms with E-state index in [1.54, 1.807) is 0 Å². The van der Waals surface area contributed by atoms with Crippen LogP contribution in [0.5, 0.6) is 0 Å². The average molecular weight is 403 g/mol. The van der Waals surface area contributed by atoms with E-state index in [9.17, 15) is 18.0 Å². The predicted octanol–water partition coefficient (Wildman–Crippen LogP) is 3.31. The van der Waals surface area contributed by atoms with Gasteiger partial charge < -0.3 is 9.64 Å². The lowest BCUT2D eigenvalue weighted by molar-refractivity contribution is -0.137. The Morgan fingerprint density at radius 3 is 2.74 bits per heavy atom. The van der Waals surface area contributed by atoms with Gasteiger partial charge in [-0.1, -0.05) is 11.6 Å². The molecule has 2 aromatic rings. The van der Waals surface area contributed by atoms with Gasteiger partial charge in [-0.2, -0.15) is 23.0 Å². The molecule has 6 nitrogen and oxygen atoms in total. The summed E-state index contributed by atoms with van der Waals surface area (Å²) in [5.41, 5.74) is -1.06. The molecule has 0 saturated carbocycles. The van der Waals surface area contributed by atoms with E-state index in [1.165, 1.54) is 6.20 Å². The second-order valence-corrected chi connectivity index (χ2v) is 6.51. The van der Waals surface area contributed by atoms with Crippen molar-refractivity contribution in [3.8, 4) is 5.82 Å². The van der Waals surface area contributed by atoms with Crippen LogP contribution in [-0.4, -0.2) is 40.6 Å². The quantitative estimate of drug-likeness (QED) is 0.785. The zero-order valence-electron chi connectivity index (χ0n) is 14.5. The van der Waals surface area contributed by atoms with Gasteiger partial charge in [0.1, 0.15) is 5.02 Å². The molecule has 2 aromatic heterocycles. The van der Waals surface area contributed by atoms with Crippen molar-refractivity contribution >= 4 is 17.3 Å². The summed E-state index contributed by atoms with van der Waals surface area (Å²) in [6, 6.07) is 1.93. The standard InChI is InChI=1S/C17H18ClF3N4O2/c1-2-27-12-4-3-7-24(10-12)13-9-23-25(16(26)15(13)18)14-6-5-11(8-22-14)17(19,20)21/h5-6,8-9,12H,2-4,7,10H2,1H3. The molecule has 146 valence electrons. The minimum Gasteiger partial charge on any atom is -0.377 e. The van der Waals surface area contributed by atoms with Gasteiger partial charge in [0.05, 0.1) is 23.6 Å². The number of pyridine rings is 1. The van der Waals surface area contributed by atoms with E-state index >= 15 is 0 Å². The zero-order chi connectivity index (χ0) is 19.6. The first-order chi connectivity index (χ1) is 12.8. The molecule has 0 aliphatic carbocycles. The number of hydrogen-bond donors (Lipinski definition) is 0. The van der Waals surface area contributed by atoms with Gasteiger partial charge in [0.25, 0.3) is 5.56 Å². The summed E-state index contributed by atoms with van der Waals surface area (Å²) in [6.07, 6.45) is -0.540. The average Bonchev–Trinajstić information content (AvgIpc) is 2.64. The van der Waals surface area contributed by atoms with E-state index in [2.05, 4.69) is 10.1 Å². The molecule has 3 heterocycles. The van der Waals surface area contributed by atoms with Crippen molar-refractivity contribution in [1.82, 2.24) is 14.8 Å². The molecule has 0 N–H and O–H groups in total. The van der Waals surface area contributed by atoms with Crippen LogP contribution < -0.4 is 10.5 Å². The van der Waals surface area contributed by atoms with Crippen LogP contribution in [0.3, 0.4) is 0 Å². The minimum atomic E-state index is -4.50. The van der Waals surface area contributed by atoms with Crippen molar-refractivity contribution in [1.29, 1.82) is 0 Å². The molecule has 1 saturated heterocycles. The highest BCUT2D eigenvalue weighted by Crippen LogP contribution is 2.29. The lowest BCUT2D eigenvalue weighted by Crippen LogP contribution is -2.41. The summed E-state index contributed by atoms with van der Waals surface area (Å²) in [4.78, 5) is 18.2. The van der Waals surface area contributed by atoms with Crippen LogP contribution in [0.2, 0.25) is 5.02 Å². The Labute approximate surface area is 158 Å². The molecular weight excluding hydrogens is 385 g/mol. The number of aromatic nitrogens is 3. The second kappa shape index (κ2) is 7.85. The molecule has 0 amide bonds. The first-order valence-corrected chi connectivity index (χ1v) is 8.87. The third-order valence-electron chi connectivity index (χ3n) is 4.31. The highest BCUT2D eigenvalue weighted by Gasteiger charge is 2.31. The fraction of sp³-hybridized carbons (Fsp3) is 0.471. The van der Waals surface area contributed by atoms with Gasteiger partial charge in [-0.15, -0.1) is 0 Å². The molecule has 3 rings (SSSR count). The SMILES string of the molecule is CCOC1CCCN(c2cnn(-c3ccc(C(F)(F)F)cn3)c(=O)c2Cl)C1. The lowest BCUT2D eigenvalue weighted by Gasteiger charge is -2.34. The molecule has 0 spiro atoms. The Bertz CT molecular complexity index is 853. The normalized spacial score (nSPS) is 18.0. The maximum Gasteiger partial charge on any atom is 0.417 e. The molecule has 1 unspecified atom stereocenters. The van der Waals surface area contributed by atoms with Crippen molar-refractivity contribution in [3.05, 3.63) is 45.5 Å². The van der Waals surface area contributed by atoms with Crippen LogP contribution in [0.1, 0.15) is 25.3 Å². The Hall–Kier alpha value is -2.13. The zero-order valence-corrected chi connectivity index (χ0v) is 15.3. The lowest BCUT2D eigenvalue weighted by atomic mass is 10.1. The molecule has 27 heavy (non-hydrogen) atoms. The summed E-state index contributed by atoms with van der Waals surface area (Å²) in [5, 5.41) is 3.99. The monoisotopic (exact) mass is 402 g/mol. The Morgan fingerprint density at radius 2 is 2.11 bits per heavy atom. The number of ether oxygens (including phenoxy) is 1. The van der Waals surface area contributed by atoms with E-state index in [4.69, 9.17) is 16.3 Å². The van der Waals surface area contributed by atoms with E-state index in [0.29, 0.717) is 31.6 Å². The van der Waals surface area contributed by atoms with Crippen LogP contribution in [-0.2, 0) is 10.9 Å². The van der Waals surface area contributed by atoms with E-state index in [-0.39, 0.29) is 16.9 Å². The smallest absolute Gasteiger partial charge is 0.377 e. The van der Waals surface area contributed by atoms with Crippen LogP contribution in [0.4, 0.5) is 18.9 Å². The van der Waals surface area contributed by atoms with Crippen molar-refractivity contribution < 1.29 is 17.9 Å². The molecule has 0 aromatic carbocycles. The summed E-state index contributed by atoms with van der Waals surface area (Å²) in [5.74, 6) is -0.0349. The van der Waals surface area contributed by atoms with Crippen molar-refractivity contribution in [2.45, 2.75) is 32.0 Å². The van der Waals surface area contributed by atoms with E-state index < -0.39 is 17.3 Å². The molecular formula is C17H18ClF3N4O2. The van der Waals surface area contributed by atoms with Gasteiger partial charge in [0.15, 0.2) is 5.82 Å². The molecule has 1 aliphatic rings. The number of piperidine rings is 1. The van der Waals surface area contributed by atoms with Gasteiger partial charge in [-0.3, -0.25) is 4.79 Å². The van der Waals surface area contributed by atoms with Crippen molar-refractivity contribution in [3.63, 3.8) is 0 Å². The number of anilines is 1. The Morgan fingerprint density at radius 1 is 1.33 bits per heavy atom. The molecule has 1 aliphatic heterocycles. The number of halogens is 4. The first-order valence-electron chi connectivity index (χ1n) is 8.49. The maximum atomic E-state index is 12.6. The summed E-state index contributed by atoms with van der Waals surface area (Å²) in [7, 11) is 0. The highest BCUT2D eigenvalue weighted by atomic mass is 35.5. The molecule has 0 radical (unpaired) electrons. The molecule has 0 bridgehead atoms. The summed E-state index contributed by atoms with van der Waals surface area (Å²) < 4.78 is 44.5. The minimum absolute atomic E-state index is 0.0349. The van der Waals surface area contributed by atoms with Crippen molar-refractivity contribution in [2.24, 2.45) is 0 Å². The van der Waals surface area contributed by atoms with Gasteiger partial charge >= 0.3 is 6.18 Å². The van der Waals surface area contributed by atoms with Gasteiger partial charge in [0, 0.05) is 25.9 Å². The predicted molar refractivity (Wildman–Crippen MR) is 94.5 cm³/mol. The van der Waals surface area contributed by atoms with Gasteiger partial charge in [-0.05, 0) is 31.9 Å². The largest absolute Gasteiger partial charge is 0.417 e. The van der Waals surface area contributed by atoms with E-state index in [1.807, 2.05) is 11.8 Å². The Kier molecular flexibility index (Phi) is 5.71. The Balaban J connectivity index is 1.88. The second-order valence-electron chi connectivity index (χ2n) is 6.13. The third kappa shape index (κ3) is 4.24. The molecule has 1 fully saturated rings. The van der Waals surface area contributed by atoms with Crippen LogP contribution in [0, 0.1) is 0 Å².